The number of nitrogens with zero attached hydrogens (tertiary/aromatic N) is 2. The standard InChI is InChI=1S/C22H26Cl3N3O2/c1-13-8-16(22(30)28(5)25)9-14(2)18(13)11-17(27(3)4)12-26-21(29)15-6-7-19(23)20(24)10-15/h6-10,17H,11-12H2,1-5H3,(H,26,29)/t17-/m0/s1. The number of rotatable bonds is 7. The van der Waals surface area contributed by atoms with Gasteiger partial charge in [0, 0.05) is 42.5 Å². The zero-order chi connectivity index (χ0) is 22.6. The Bertz CT molecular complexity index is 922. The van der Waals surface area contributed by atoms with Gasteiger partial charge >= 0.3 is 0 Å². The van der Waals surface area contributed by atoms with Crippen molar-refractivity contribution in [1.29, 1.82) is 0 Å². The van der Waals surface area contributed by atoms with E-state index in [1.54, 1.807) is 18.2 Å². The summed E-state index contributed by atoms with van der Waals surface area (Å²) in [6.07, 6.45) is 0.720. The summed E-state index contributed by atoms with van der Waals surface area (Å²) in [7, 11) is 5.46. The predicted octanol–water partition coefficient (Wildman–Crippen LogP) is 4.74. The highest BCUT2D eigenvalue weighted by atomic mass is 35.5. The molecule has 0 aliphatic rings. The van der Waals surface area contributed by atoms with Crippen molar-refractivity contribution < 1.29 is 9.59 Å². The van der Waals surface area contributed by atoms with Gasteiger partial charge in [-0.05, 0) is 81.4 Å². The molecular weight excluding hydrogens is 445 g/mol. The molecule has 0 fully saturated rings. The van der Waals surface area contributed by atoms with E-state index in [0.29, 0.717) is 27.7 Å². The van der Waals surface area contributed by atoms with Crippen molar-refractivity contribution in [3.8, 4) is 0 Å². The Morgan fingerprint density at radius 1 is 0.967 bits per heavy atom. The van der Waals surface area contributed by atoms with Gasteiger partial charge in [0.05, 0.1) is 10.0 Å². The molecule has 0 radical (unpaired) electrons. The lowest BCUT2D eigenvalue weighted by atomic mass is 9.93. The minimum absolute atomic E-state index is 0.0615. The van der Waals surface area contributed by atoms with Gasteiger partial charge in [0.25, 0.3) is 11.8 Å². The molecule has 0 heterocycles. The third-order valence-electron chi connectivity index (χ3n) is 5.07. The third-order valence-corrected chi connectivity index (χ3v) is 5.97. The maximum Gasteiger partial charge on any atom is 0.267 e. The van der Waals surface area contributed by atoms with Gasteiger partial charge in [-0.3, -0.25) is 14.0 Å². The molecule has 2 amide bonds. The third kappa shape index (κ3) is 6.11. The second kappa shape index (κ2) is 10.5. The number of halogens is 3. The summed E-state index contributed by atoms with van der Waals surface area (Å²) >= 11 is 17.7. The van der Waals surface area contributed by atoms with Crippen molar-refractivity contribution in [3.63, 3.8) is 0 Å². The van der Waals surface area contributed by atoms with E-state index in [0.717, 1.165) is 27.5 Å². The van der Waals surface area contributed by atoms with Crippen molar-refractivity contribution in [2.75, 3.05) is 27.7 Å². The maximum atomic E-state index is 12.5. The average molecular weight is 471 g/mol. The number of amides is 2. The van der Waals surface area contributed by atoms with Crippen molar-refractivity contribution in [2.24, 2.45) is 0 Å². The van der Waals surface area contributed by atoms with Gasteiger partial charge in [-0.15, -0.1) is 0 Å². The van der Waals surface area contributed by atoms with Crippen LogP contribution in [0, 0.1) is 13.8 Å². The van der Waals surface area contributed by atoms with Crippen LogP contribution >= 0.6 is 35.0 Å². The zero-order valence-electron chi connectivity index (χ0n) is 17.7. The van der Waals surface area contributed by atoms with Crippen LogP contribution in [-0.4, -0.2) is 54.9 Å². The van der Waals surface area contributed by atoms with E-state index in [-0.39, 0.29) is 17.9 Å². The molecule has 30 heavy (non-hydrogen) atoms. The minimum Gasteiger partial charge on any atom is -0.350 e. The minimum atomic E-state index is -0.243. The zero-order valence-corrected chi connectivity index (χ0v) is 20.0. The van der Waals surface area contributed by atoms with Gasteiger partial charge in [-0.2, -0.15) is 0 Å². The van der Waals surface area contributed by atoms with Gasteiger partial charge in [-0.25, -0.2) is 0 Å². The molecule has 0 unspecified atom stereocenters. The topological polar surface area (TPSA) is 52.7 Å². The summed E-state index contributed by atoms with van der Waals surface area (Å²) in [5.74, 6) is -0.451. The van der Waals surface area contributed by atoms with E-state index >= 15 is 0 Å². The molecule has 1 atom stereocenters. The van der Waals surface area contributed by atoms with Crippen LogP contribution in [0.1, 0.15) is 37.4 Å². The van der Waals surface area contributed by atoms with Crippen LogP contribution in [0.2, 0.25) is 10.0 Å². The van der Waals surface area contributed by atoms with Crippen LogP contribution < -0.4 is 5.32 Å². The maximum absolute atomic E-state index is 12.5. The molecule has 0 aliphatic carbocycles. The first-order chi connectivity index (χ1) is 14.0. The summed E-state index contributed by atoms with van der Waals surface area (Å²) in [5.41, 5.74) is 4.19. The van der Waals surface area contributed by atoms with Crippen LogP contribution in [0.25, 0.3) is 0 Å². The fraction of sp³-hybridized carbons (Fsp3) is 0.364. The summed E-state index contributed by atoms with van der Waals surface area (Å²) in [4.78, 5) is 26.8. The quantitative estimate of drug-likeness (QED) is 0.595. The number of carbonyl (C=O) groups excluding carboxylic acids is 2. The molecule has 8 heteroatoms. The molecule has 2 aromatic rings. The van der Waals surface area contributed by atoms with Gasteiger partial charge < -0.3 is 10.2 Å². The molecule has 2 aromatic carbocycles. The van der Waals surface area contributed by atoms with Gasteiger partial charge in [0.1, 0.15) is 0 Å². The molecule has 0 spiro atoms. The fourth-order valence-electron chi connectivity index (χ4n) is 3.24. The Morgan fingerprint density at radius 2 is 1.57 bits per heavy atom. The number of hydrogen-bond donors (Lipinski definition) is 1. The summed E-state index contributed by atoms with van der Waals surface area (Å²) < 4.78 is 1.05. The predicted molar refractivity (Wildman–Crippen MR) is 124 cm³/mol. The SMILES string of the molecule is Cc1cc(C(=O)N(C)Cl)cc(C)c1C[C@@H](CNC(=O)c1ccc(Cl)c(Cl)c1)N(C)C. The monoisotopic (exact) mass is 469 g/mol. The van der Waals surface area contributed by atoms with E-state index < -0.39 is 0 Å². The number of benzene rings is 2. The van der Waals surface area contributed by atoms with E-state index in [4.69, 9.17) is 35.0 Å². The number of hydrogen-bond acceptors (Lipinski definition) is 3. The second-order valence-corrected chi connectivity index (χ2v) is 8.85. The van der Waals surface area contributed by atoms with Crippen LogP contribution in [0.5, 0.6) is 0 Å². The van der Waals surface area contributed by atoms with Crippen molar-refractivity contribution in [1.82, 2.24) is 14.6 Å². The first-order valence-corrected chi connectivity index (χ1v) is 10.5. The largest absolute Gasteiger partial charge is 0.350 e. The molecular formula is C22H26Cl3N3O2. The number of aryl methyl sites for hydroxylation is 2. The van der Waals surface area contributed by atoms with Crippen LogP contribution in [0.15, 0.2) is 30.3 Å². The molecule has 0 aromatic heterocycles. The van der Waals surface area contributed by atoms with Gasteiger partial charge in [0.15, 0.2) is 0 Å². The Hall–Kier alpha value is -1.79. The van der Waals surface area contributed by atoms with E-state index in [2.05, 4.69) is 10.2 Å². The van der Waals surface area contributed by atoms with Crippen molar-refractivity contribution >= 4 is 46.8 Å². The average Bonchev–Trinajstić information content (AvgIpc) is 2.67. The van der Waals surface area contributed by atoms with Crippen LogP contribution in [0.4, 0.5) is 0 Å². The highest BCUT2D eigenvalue weighted by molar-refractivity contribution is 6.42. The molecule has 0 saturated carbocycles. The summed E-state index contributed by atoms with van der Waals surface area (Å²) in [6, 6.07) is 8.57. The van der Waals surface area contributed by atoms with Crippen LogP contribution in [-0.2, 0) is 6.42 Å². The molecule has 2 rings (SSSR count). The molecule has 1 N–H and O–H groups in total. The Labute approximate surface area is 193 Å². The fourth-order valence-corrected chi connectivity index (χ4v) is 3.64. The summed E-state index contributed by atoms with van der Waals surface area (Å²) in [6.45, 7) is 4.42. The number of likely N-dealkylation sites (N-methyl/N-ethyl adjacent to an activating group) is 1. The molecule has 5 nitrogen and oxygen atoms in total. The molecule has 162 valence electrons. The first-order valence-electron chi connectivity index (χ1n) is 9.45. The lowest BCUT2D eigenvalue weighted by Gasteiger charge is -2.26. The number of nitrogens with one attached hydrogen (secondary N) is 1. The highest BCUT2D eigenvalue weighted by Gasteiger charge is 2.19. The Kier molecular flexibility index (Phi) is 8.56. The second-order valence-electron chi connectivity index (χ2n) is 7.53. The summed E-state index contributed by atoms with van der Waals surface area (Å²) in [5, 5.41) is 3.72. The normalized spacial score (nSPS) is 12.0. The molecule has 0 aliphatic heterocycles. The smallest absolute Gasteiger partial charge is 0.267 e. The van der Waals surface area contributed by atoms with Gasteiger partial charge in [0.2, 0.25) is 0 Å². The van der Waals surface area contributed by atoms with E-state index in [9.17, 15) is 9.59 Å². The molecule has 0 bridgehead atoms. The van der Waals surface area contributed by atoms with Crippen molar-refractivity contribution in [2.45, 2.75) is 26.3 Å². The Balaban J connectivity index is 2.15. The van der Waals surface area contributed by atoms with Crippen LogP contribution in [0.3, 0.4) is 0 Å². The number of carbonyl (C=O) groups is 2. The highest BCUT2D eigenvalue weighted by Crippen LogP contribution is 2.23. The molecule has 0 saturated heterocycles. The van der Waals surface area contributed by atoms with E-state index in [1.165, 1.54) is 7.05 Å². The van der Waals surface area contributed by atoms with Gasteiger partial charge in [-0.1, -0.05) is 23.2 Å². The Morgan fingerprint density at radius 3 is 2.07 bits per heavy atom. The van der Waals surface area contributed by atoms with E-state index in [1.807, 2.05) is 40.1 Å². The first kappa shape index (κ1) is 24.5. The lowest BCUT2D eigenvalue weighted by Crippen LogP contribution is -2.41. The van der Waals surface area contributed by atoms with Crippen molar-refractivity contribution in [3.05, 3.63) is 68.2 Å². The lowest BCUT2D eigenvalue weighted by molar-refractivity contribution is 0.0883.